The van der Waals surface area contributed by atoms with Crippen LogP contribution in [0.5, 0.6) is 5.75 Å². The first-order valence-corrected chi connectivity index (χ1v) is 11.2. The lowest BCUT2D eigenvalue weighted by Gasteiger charge is -2.34. The van der Waals surface area contributed by atoms with Crippen LogP contribution in [0.3, 0.4) is 0 Å². The van der Waals surface area contributed by atoms with E-state index in [1.165, 1.54) is 16.4 Å². The summed E-state index contributed by atoms with van der Waals surface area (Å²) >= 11 is 5.80. The van der Waals surface area contributed by atoms with Crippen LogP contribution in [0.15, 0.2) is 53.4 Å². The van der Waals surface area contributed by atoms with E-state index in [1.807, 2.05) is 0 Å². The Hall–Kier alpha value is -3.22. The van der Waals surface area contributed by atoms with Crippen LogP contribution in [0.4, 0.5) is 4.39 Å². The number of carbonyl (C=O) groups excluding carboxylic acids is 1. The highest BCUT2D eigenvalue weighted by atomic mass is 35.5. The van der Waals surface area contributed by atoms with Gasteiger partial charge >= 0.3 is 11.9 Å². The van der Waals surface area contributed by atoms with Gasteiger partial charge in [-0.3, -0.25) is 4.79 Å². The third-order valence-corrected chi connectivity index (χ3v) is 6.57. The highest BCUT2D eigenvalue weighted by molar-refractivity contribution is 7.89. The fourth-order valence-electron chi connectivity index (χ4n) is 2.70. The molecule has 0 spiro atoms. The highest BCUT2D eigenvalue weighted by Gasteiger charge is 2.30. The summed E-state index contributed by atoms with van der Waals surface area (Å²) in [4.78, 5) is 32.1. The zero-order valence-electron chi connectivity index (χ0n) is 17.1. The summed E-state index contributed by atoms with van der Waals surface area (Å²) in [5.74, 6) is -3.83. The average molecular weight is 503 g/mol. The number of aliphatic carboxylic acids is 2. The first-order chi connectivity index (χ1) is 15.5. The number of carboxylic acids is 2. The molecule has 1 fully saturated rings. The van der Waals surface area contributed by atoms with Crippen LogP contribution in [-0.2, 0) is 24.4 Å². The summed E-state index contributed by atoms with van der Waals surface area (Å²) in [5.41, 5.74) is 0. The number of carbonyl (C=O) groups is 3. The topological polar surface area (TPSA) is 142 Å². The average Bonchev–Trinajstić information content (AvgIpc) is 2.79. The van der Waals surface area contributed by atoms with Gasteiger partial charge in [0.05, 0.1) is 4.90 Å². The van der Waals surface area contributed by atoms with Crippen molar-refractivity contribution in [3.05, 3.63) is 59.4 Å². The van der Waals surface area contributed by atoms with Gasteiger partial charge in [-0.25, -0.2) is 22.4 Å². The predicted molar refractivity (Wildman–Crippen MR) is 114 cm³/mol. The molecule has 33 heavy (non-hydrogen) atoms. The van der Waals surface area contributed by atoms with E-state index in [2.05, 4.69) is 0 Å². The van der Waals surface area contributed by atoms with E-state index in [-0.39, 0.29) is 43.6 Å². The van der Waals surface area contributed by atoms with Gasteiger partial charge < -0.3 is 19.8 Å². The number of amides is 1. The summed E-state index contributed by atoms with van der Waals surface area (Å²) in [7, 11) is -3.70. The second kappa shape index (κ2) is 11.6. The van der Waals surface area contributed by atoms with Crippen molar-refractivity contribution in [2.24, 2.45) is 0 Å². The summed E-state index contributed by atoms with van der Waals surface area (Å²) in [6.45, 7) is 0.748. The first kappa shape index (κ1) is 26.0. The summed E-state index contributed by atoms with van der Waals surface area (Å²) in [6, 6.07) is 11.4. The normalized spacial score (nSPS) is 14.1. The van der Waals surface area contributed by atoms with Crippen LogP contribution < -0.4 is 4.74 Å². The van der Waals surface area contributed by atoms with E-state index in [0.717, 1.165) is 12.1 Å². The predicted octanol–water partition coefficient (Wildman–Crippen LogP) is 1.55. The molecule has 1 aliphatic heterocycles. The molecule has 2 aromatic carbocycles. The van der Waals surface area contributed by atoms with Gasteiger partial charge in [0.15, 0.2) is 6.61 Å². The van der Waals surface area contributed by atoms with Crippen LogP contribution in [0.25, 0.3) is 0 Å². The fraction of sp³-hybridized carbons (Fsp3) is 0.250. The van der Waals surface area contributed by atoms with Gasteiger partial charge in [0.25, 0.3) is 5.91 Å². The van der Waals surface area contributed by atoms with Gasteiger partial charge in [-0.15, -0.1) is 0 Å². The minimum Gasteiger partial charge on any atom is -0.484 e. The molecule has 2 N–H and O–H groups in total. The van der Waals surface area contributed by atoms with E-state index < -0.39 is 27.8 Å². The second-order valence-electron chi connectivity index (χ2n) is 6.59. The second-order valence-corrected chi connectivity index (χ2v) is 8.97. The lowest BCUT2D eigenvalue weighted by Crippen LogP contribution is -2.51. The van der Waals surface area contributed by atoms with E-state index in [0.29, 0.717) is 10.8 Å². The molecule has 0 saturated carbocycles. The third-order valence-electron chi connectivity index (χ3n) is 4.40. The van der Waals surface area contributed by atoms with Crippen molar-refractivity contribution in [3.63, 3.8) is 0 Å². The molecule has 178 valence electrons. The Morgan fingerprint density at radius 2 is 1.42 bits per heavy atom. The molecule has 1 amide bonds. The maximum atomic E-state index is 13.0. The molecule has 1 saturated heterocycles. The van der Waals surface area contributed by atoms with Gasteiger partial charge in [-0.1, -0.05) is 11.6 Å². The molecule has 3 rings (SSSR count). The Balaban J connectivity index is 0.000000569. The molecule has 0 radical (unpaired) electrons. The summed E-state index contributed by atoms with van der Waals surface area (Å²) < 4.78 is 44.9. The highest BCUT2D eigenvalue weighted by Crippen LogP contribution is 2.19. The van der Waals surface area contributed by atoms with Crippen molar-refractivity contribution in [1.82, 2.24) is 9.21 Å². The van der Waals surface area contributed by atoms with Crippen molar-refractivity contribution in [3.8, 4) is 5.75 Å². The Labute approximate surface area is 193 Å². The minimum atomic E-state index is -3.70. The molecule has 0 aliphatic carbocycles. The number of sulfonamides is 1. The molecule has 10 nitrogen and oxygen atoms in total. The number of carboxylic acid groups (broad SMARTS) is 2. The number of hydrogen-bond acceptors (Lipinski definition) is 6. The number of ether oxygens (including phenoxy) is 1. The maximum Gasteiger partial charge on any atom is 0.414 e. The van der Waals surface area contributed by atoms with Crippen LogP contribution in [0, 0.1) is 5.82 Å². The van der Waals surface area contributed by atoms with Crippen LogP contribution in [0.1, 0.15) is 0 Å². The quantitative estimate of drug-likeness (QED) is 0.586. The van der Waals surface area contributed by atoms with Crippen LogP contribution in [-0.4, -0.2) is 78.5 Å². The number of nitrogens with zero attached hydrogens (tertiary/aromatic N) is 2. The number of benzene rings is 2. The number of rotatable bonds is 5. The van der Waals surface area contributed by atoms with E-state index >= 15 is 0 Å². The van der Waals surface area contributed by atoms with Crippen LogP contribution >= 0.6 is 11.6 Å². The summed E-state index contributed by atoms with van der Waals surface area (Å²) in [5, 5.41) is 15.4. The molecule has 2 aromatic rings. The van der Waals surface area contributed by atoms with Gasteiger partial charge in [0, 0.05) is 31.2 Å². The molecule has 0 atom stereocenters. The standard InChI is InChI=1S/C18H18ClFN2O4S.C2H2O4/c19-14-1-5-16(6-2-14)26-13-18(23)21-9-11-22(12-10-21)27(24,25)17-7-3-15(20)4-8-17;3-1(4)2(5)6/h1-8H,9-13H2;(H,3,4)(H,5,6). The summed E-state index contributed by atoms with van der Waals surface area (Å²) in [6.07, 6.45) is 0. The Kier molecular flexibility index (Phi) is 9.14. The van der Waals surface area contributed by atoms with E-state index in [1.54, 1.807) is 29.2 Å². The van der Waals surface area contributed by atoms with Gasteiger partial charge in [-0.05, 0) is 48.5 Å². The number of hydrogen-bond donors (Lipinski definition) is 2. The monoisotopic (exact) mass is 502 g/mol. The maximum absolute atomic E-state index is 13.0. The zero-order valence-corrected chi connectivity index (χ0v) is 18.6. The van der Waals surface area contributed by atoms with E-state index in [4.69, 9.17) is 36.1 Å². The lowest BCUT2D eigenvalue weighted by molar-refractivity contribution is -0.159. The van der Waals surface area contributed by atoms with Gasteiger partial charge in [-0.2, -0.15) is 4.31 Å². The molecular formula is C20H20ClFN2O8S. The largest absolute Gasteiger partial charge is 0.484 e. The van der Waals surface area contributed by atoms with Crippen molar-refractivity contribution in [1.29, 1.82) is 0 Å². The van der Waals surface area contributed by atoms with E-state index in [9.17, 15) is 17.6 Å². The fourth-order valence-corrected chi connectivity index (χ4v) is 4.25. The Bertz CT molecular complexity index is 1070. The van der Waals surface area contributed by atoms with Gasteiger partial charge in [0.1, 0.15) is 11.6 Å². The van der Waals surface area contributed by atoms with Gasteiger partial charge in [0.2, 0.25) is 10.0 Å². The smallest absolute Gasteiger partial charge is 0.414 e. The number of halogens is 2. The zero-order chi connectivity index (χ0) is 24.6. The SMILES string of the molecule is O=C(COc1ccc(Cl)cc1)N1CCN(S(=O)(=O)c2ccc(F)cc2)CC1.O=C(O)C(=O)O. The van der Waals surface area contributed by atoms with Crippen molar-refractivity contribution >= 4 is 39.5 Å². The molecule has 13 heteroatoms. The van der Waals surface area contributed by atoms with Crippen molar-refractivity contribution in [2.45, 2.75) is 4.90 Å². The van der Waals surface area contributed by atoms with Crippen molar-refractivity contribution < 1.29 is 42.1 Å². The number of piperazine rings is 1. The molecular weight excluding hydrogens is 483 g/mol. The Morgan fingerprint density at radius 1 is 0.909 bits per heavy atom. The third kappa shape index (κ3) is 7.70. The minimum absolute atomic E-state index is 0.0368. The Morgan fingerprint density at radius 3 is 1.91 bits per heavy atom. The first-order valence-electron chi connectivity index (χ1n) is 9.39. The van der Waals surface area contributed by atoms with Crippen molar-refractivity contribution in [2.75, 3.05) is 32.8 Å². The lowest BCUT2D eigenvalue weighted by atomic mass is 10.3. The molecule has 0 bridgehead atoms. The molecule has 0 aromatic heterocycles. The van der Waals surface area contributed by atoms with Crippen LogP contribution in [0.2, 0.25) is 5.02 Å². The molecule has 1 aliphatic rings. The molecule has 1 heterocycles. The molecule has 0 unspecified atom stereocenters.